The predicted octanol–water partition coefficient (Wildman–Crippen LogP) is 6.13. The number of hydrogen-bond acceptors (Lipinski definition) is 3. The average Bonchev–Trinajstić information content (AvgIpc) is 2.63. The molecule has 0 aliphatic carbocycles. The third-order valence-electron chi connectivity index (χ3n) is 3.90. The summed E-state index contributed by atoms with van der Waals surface area (Å²) in [6.07, 6.45) is 16.8. The number of rotatable bonds is 14. The smallest absolute Gasteiger partial charge is 0.302 e. The second-order valence-electron chi connectivity index (χ2n) is 6.85. The number of esters is 1. The average molecular weight is 393 g/mol. The molecule has 0 aliphatic rings. The van der Waals surface area contributed by atoms with Gasteiger partial charge in [-0.25, -0.2) is 0 Å². The fraction of sp³-hybridized carbons (Fsp3) is 0.750. The number of ether oxygens (including phenoxy) is 1. The van der Waals surface area contributed by atoms with E-state index in [2.05, 4.69) is 30.6 Å². The van der Waals surface area contributed by atoms with Crippen LogP contribution >= 0.6 is 0 Å². The minimum atomic E-state index is -0.833. The topological polar surface area (TPSA) is 63.6 Å². The number of carboxylic acids is 1. The summed E-state index contributed by atoms with van der Waals surface area (Å²) in [6.45, 7) is 5.36. The van der Waals surface area contributed by atoms with Crippen molar-refractivity contribution in [3.63, 3.8) is 0 Å². The molecule has 160 valence electrons. The maximum Gasteiger partial charge on any atom is 0.302 e. The lowest BCUT2D eigenvalue weighted by Crippen LogP contribution is -1.99. The van der Waals surface area contributed by atoms with E-state index in [1.807, 2.05) is 0 Å². The van der Waals surface area contributed by atoms with Crippen LogP contribution in [0.4, 0.5) is 0 Å². The predicted molar refractivity (Wildman–Crippen MR) is 116 cm³/mol. The molecule has 0 radical (unpaired) electrons. The number of carboxylic acid groups (broad SMARTS) is 1. The normalized spacial score (nSPS) is 9.11. The van der Waals surface area contributed by atoms with Gasteiger partial charge in [0.25, 0.3) is 5.97 Å². The number of unbranched alkanes of at least 4 members (excludes halogenated alkanes) is 12. The summed E-state index contributed by atoms with van der Waals surface area (Å²) in [4.78, 5) is 19.6. The molecule has 4 nitrogen and oxygen atoms in total. The second-order valence-corrected chi connectivity index (χ2v) is 6.85. The first-order valence-electron chi connectivity index (χ1n) is 10.8. The molecule has 0 bridgehead atoms. The van der Waals surface area contributed by atoms with Crippen molar-refractivity contribution in [3.8, 4) is 23.7 Å². The Kier molecular flexibility index (Phi) is 25.3. The minimum Gasteiger partial charge on any atom is -0.481 e. The van der Waals surface area contributed by atoms with E-state index < -0.39 is 5.97 Å². The summed E-state index contributed by atoms with van der Waals surface area (Å²) in [5.74, 6) is 11.2. The molecule has 0 saturated carbocycles. The summed E-state index contributed by atoms with van der Waals surface area (Å²) in [5, 5.41) is 7.42. The zero-order valence-electron chi connectivity index (χ0n) is 18.3. The molecule has 0 heterocycles. The van der Waals surface area contributed by atoms with Gasteiger partial charge in [-0.3, -0.25) is 9.59 Å². The van der Waals surface area contributed by atoms with Gasteiger partial charge in [0.1, 0.15) is 0 Å². The van der Waals surface area contributed by atoms with Crippen LogP contribution in [0.5, 0.6) is 0 Å². The molecule has 0 aromatic carbocycles. The van der Waals surface area contributed by atoms with Crippen LogP contribution in [0.15, 0.2) is 0 Å². The Morgan fingerprint density at radius 1 is 0.714 bits per heavy atom. The summed E-state index contributed by atoms with van der Waals surface area (Å²) < 4.78 is 4.90. The Bertz CT molecular complexity index is 484. The highest BCUT2D eigenvalue weighted by atomic mass is 16.5. The van der Waals surface area contributed by atoms with Crippen LogP contribution in [-0.4, -0.2) is 23.7 Å². The molecular weight excluding hydrogens is 352 g/mol. The van der Waals surface area contributed by atoms with Crippen LogP contribution in [0, 0.1) is 23.7 Å². The standard InChI is InChI=1S/C22H36O2.C2H4O2/c1-3-4-5-6-7-8-9-10-11-12-13-14-15-16-17-18-19-20-21-24-22(2)23;1-2(3)4/h3-9,14-21H2,1-2H3;1H3,(H,3,4). The maximum absolute atomic E-state index is 10.6. The van der Waals surface area contributed by atoms with Crippen LogP contribution in [-0.2, 0) is 14.3 Å². The lowest BCUT2D eigenvalue weighted by molar-refractivity contribution is -0.141. The van der Waals surface area contributed by atoms with Gasteiger partial charge in [-0.05, 0) is 31.1 Å². The van der Waals surface area contributed by atoms with Crippen LogP contribution in [0.2, 0.25) is 0 Å². The number of carbonyl (C=O) groups is 2. The molecule has 0 aliphatic heterocycles. The van der Waals surface area contributed by atoms with Crippen LogP contribution < -0.4 is 0 Å². The molecule has 0 spiro atoms. The number of carbonyl (C=O) groups excluding carboxylic acids is 1. The largest absolute Gasteiger partial charge is 0.481 e. The fourth-order valence-electron chi connectivity index (χ4n) is 2.45. The first kappa shape index (κ1) is 28.3. The second kappa shape index (κ2) is 25.1. The van der Waals surface area contributed by atoms with E-state index in [4.69, 9.17) is 14.6 Å². The van der Waals surface area contributed by atoms with Crippen molar-refractivity contribution in [2.75, 3.05) is 6.61 Å². The van der Waals surface area contributed by atoms with E-state index in [1.54, 1.807) is 0 Å². The van der Waals surface area contributed by atoms with E-state index in [0.29, 0.717) is 6.61 Å². The van der Waals surface area contributed by atoms with Crippen molar-refractivity contribution < 1.29 is 19.4 Å². The Morgan fingerprint density at radius 2 is 1.11 bits per heavy atom. The first-order chi connectivity index (χ1) is 13.5. The fourth-order valence-corrected chi connectivity index (χ4v) is 2.45. The van der Waals surface area contributed by atoms with Crippen molar-refractivity contribution >= 4 is 11.9 Å². The summed E-state index contributed by atoms with van der Waals surface area (Å²) in [6, 6.07) is 0. The van der Waals surface area contributed by atoms with Gasteiger partial charge in [0, 0.05) is 26.7 Å². The summed E-state index contributed by atoms with van der Waals surface area (Å²) >= 11 is 0. The molecule has 4 heteroatoms. The highest BCUT2D eigenvalue weighted by Gasteiger charge is 1.93. The maximum atomic E-state index is 10.6. The van der Waals surface area contributed by atoms with Crippen LogP contribution in [0.1, 0.15) is 111 Å². The number of aliphatic carboxylic acids is 1. The molecule has 0 aromatic heterocycles. The van der Waals surface area contributed by atoms with Gasteiger partial charge in [-0.15, -0.1) is 0 Å². The quantitative estimate of drug-likeness (QED) is 0.219. The monoisotopic (exact) mass is 392 g/mol. The highest BCUT2D eigenvalue weighted by molar-refractivity contribution is 5.65. The minimum absolute atomic E-state index is 0.177. The van der Waals surface area contributed by atoms with Crippen molar-refractivity contribution in [1.29, 1.82) is 0 Å². The Hall–Kier alpha value is -1.94. The van der Waals surface area contributed by atoms with Crippen LogP contribution in [0.25, 0.3) is 0 Å². The van der Waals surface area contributed by atoms with Crippen molar-refractivity contribution in [1.82, 2.24) is 0 Å². The third kappa shape index (κ3) is 35.2. The molecule has 0 unspecified atom stereocenters. The SMILES string of the molecule is CC(=O)O.CCCCCCCCC#CC#CCCCCCCCCOC(C)=O. The molecule has 0 fully saturated rings. The van der Waals surface area contributed by atoms with Gasteiger partial charge >= 0.3 is 5.97 Å². The van der Waals surface area contributed by atoms with Gasteiger partial charge in [0.2, 0.25) is 0 Å². The Balaban J connectivity index is 0. The van der Waals surface area contributed by atoms with Crippen molar-refractivity contribution in [3.05, 3.63) is 0 Å². The molecule has 0 atom stereocenters. The van der Waals surface area contributed by atoms with Gasteiger partial charge in [-0.1, -0.05) is 76.6 Å². The van der Waals surface area contributed by atoms with Gasteiger partial charge in [0.15, 0.2) is 0 Å². The van der Waals surface area contributed by atoms with E-state index in [-0.39, 0.29) is 5.97 Å². The summed E-state index contributed by atoms with van der Waals surface area (Å²) in [7, 11) is 0. The molecule has 0 amide bonds. The van der Waals surface area contributed by atoms with E-state index >= 15 is 0 Å². The number of hydrogen-bond donors (Lipinski definition) is 1. The van der Waals surface area contributed by atoms with Gasteiger partial charge in [-0.2, -0.15) is 0 Å². The molecule has 0 aromatic rings. The van der Waals surface area contributed by atoms with Crippen LogP contribution in [0.3, 0.4) is 0 Å². The highest BCUT2D eigenvalue weighted by Crippen LogP contribution is 2.07. The van der Waals surface area contributed by atoms with E-state index in [0.717, 1.165) is 39.0 Å². The zero-order valence-corrected chi connectivity index (χ0v) is 18.3. The molecule has 0 rings (SSSR count). The van der Waals surface area contributed by atoms with Crippen molar-refractivity contribution in [2.24, 2.45) is 0 Å². The molecule has 28 heavy (non-hydrogen) atoms. The van der Waals surface area contributed by atoms with E-state index in [1.165, 1.54) is 64.7 Å². The van der Waals surface area contributed by atoms with Crippen molar-refractivity contribution in [2.45, 2.75) is 111 Å². The van der Waals surface area contributed by atoms with Gasteiger partial charge in [0.05, 0.1) is 6.61 Å². The zero-order chi connectivity index (χ0) is 21.3. The van der Waals surface area contributed by atoms with E-state index in [9.17, 15) is 4.79 Å². The lowest BCUT2D eigenvalue weighted by atomic mass is 10.1. The Labute approximate surface area is 172 Å². The molecular formula is C24H40O4. The molecule has 0 saturated heterocycles. The van der Waals surface area contributed by atoms with Gasteiger partial charge < -0.3 is 9.84 Å². The first-order valence-corrected chi connectivity index (χ1v) is 10.8. The lowest BCUT2D eigenvalue weighted by Gasteiger charge is -2.01. The third-order valence-corrected chi connectivity index (χ3v) is 3.90. The summed E-state index contributed by atoms with van der Waals surface area (Å²) in [5.41, 5.74) is 0. The Morgan fingerprint density at radius 3 is 1.54 bits per heavy atom. The molecule has 1 N–H and O–H groups in total.